The van der Waals surface area contributed by atoms with E-state index in [4.69, 9.17) is 0 Å². The van der Waals surface area contributed by atoms with Gasteiger partial charge < -0.3 is 9.64 Å². The van der Waals surface area contributed by atoms with Crippen LogP contribution in [0.1, 0.15) is 34.3 Å². The number of carbonyl (C=O) groups is 3. The van der Waals surface area contributed by atoms with Crippen molar-refractivity contribution in [3.63, 3.8) is 0 Å². The van der Waals surface area contributed by atoms with E-state index in [0.29, 0.717) is 24.2 Å². The van der Waals surface area contributed by atoms with Gasteiger partial charge in [-0.2, -0.15) is 0 Å². The van der Waals surface area contributed by atoms with Crippen molar-refractivity contribution in [2.24, 2.45) is 0 Å². The van der Waals surface area contributed by atoms with Crippen LogP contribution in [0.15, 0.2) is 12.1 Å². The minimum absolute atomic E-state index is 0.231. The number of Topliss-reactive ketones (excluding diaryl/α,β-unsaturated/α-hetero) is 1. The number of ether oxygens (including phenoxy) is 1. The number of methoxy groups -OCH3 is 1. The van der Waals surface area contributed by atoms with Crippen LogP contribution in [-0.2, 0) is 14.3 Å². The highest BCUT2D eigenvalue weighted by Crippen LogP contribution is 2.34. The zero-order chi connectivity index (χ0) is 14.9. The van der Waals surface area contributed by atoms with Crippen LogP contribution in [-0.4, -0.2) is 31.3 Å². The van der Waals surface area contributed by atoms with Crippen LogP contribution in [0.5, 0.6) is 0 Å². The minimum atomic E-state index is -0.512. The standard InChI is InChI=1S/C15H17NO4/c1-9-6-7-10(2)13-12(9)14(18)15(19)16(13)8-4-5-11(17)20-3/h6-7H,4-5,8H2,1-3H3. The van der Waals surface area contributed by atoms with Crippen molar-refractivity contribution < 1.29 is 19.1 Å². The Morgan fingerprint density at radius 1 is 1.20 bits per heavy atom. The van der Waals surface area contributed by atoms with Crippen molar-refractivity contribution >= 4 is 23.3 Å². The van der Waals surface area contributed by atoms with Crippen molar-refractivity contribution in [1.29, 1.82) is 0 Å². The molecule has 0 N–H and O–H groups in total. The molecule has 0 fully saturated rings. The number of benzene rings is 1. The monoisotopic (exact) mass is 275 g/mol. The summed E-state index contributed by atoms with van der Waals surface area (Å²) in [5.41, 5.74) is 2.88. The Kier molecular flexibility index (Phi) is 3.88. The number of ketones is 1. The van der Waals surface area contributed by atoms with Crippen molar-refractivity contribution in [2.45, 2.75) is 26.7 Å². The van der Waals surface area contributed by atoms with Crippen LogP contribution >= 0.6 is 0 Å². The number of aryl methyl sites for hydroxylation is 2. The van der Waals surface area contributed by atoms with Gasteiger partial charge in [0.1, 0.15) is 0 Å². The Balaban J connectivity index is 2.25. The molecule has 2 rings (SSSR count). The topological polar surface area (TPSA) is 63.7 Å². The molecular formula is C15H17NO4. The number of nitrogens with zero attached hydrogens (tertiary/aromatic N) is 1. The van der Waals surface area contributed by atoms with Crippen LogP contribution < -0.4 is 4.90 Å². The first-order valence-electron chi connectivity index (χ1n) is 6.50. The van der Waals surface area contributed by atoms with Gasteiger partial charge in [-0.05, 0) is 31.4 Å². The number of rotatable bonds is 4. The summed E-state index contributed by atoms with van der Waals surface area (Å²) < 4.78 is 4.57. The van der Waals surface area contributed by atoms with Crippen molar-refractivity contribution in [3.05, 3.63) is 28.8 Å². The molecule has 1 heterocycles. The molecule has 5 heteroatoms. The van der Waals surface area contributed by atoms with Crippen LogP contribution in [0, 0.1) is 13.8 Å². The first-order chi connectivity index (χ1) is 9.47. The third-order valence-corrected chi connectivity index (χ3v) is 3.51. The van der Waals surface area contributed by atoms with Gasteiger partial charge in [0.2, 0.25) is 0 Å². The lowest BCUT2D eigenvalue weighted by Gasteiger charge is -2.18. The summed E-state index contributed by atoms with van der Waals surface area (Å²) in [6.07, 6.45) is 0.702. The van der Waals surface area contributed by atoms with Crippen LogP contribution in [0.3, 0.4) is 0 Å². The molecule has 0 bridgehead atoms. The van der Waals surface area contributed by atoms with E-state index in [9.17, 15) is 14.4 Å². The lowest BCUT2D eigenvalue weighted by molar-refractivity contribution is -0.140. The second kappa shape index (κ2) is 5.45. The molecule has 0 unspecified atom stereocenters. The van der Waals surface area contributed by atoms with Gasteiger partial charge in [-0.1, -0.05) is 12.1 Å². The fourth-order valence-corrected chi connectivity index (χ4v) is 2.46. The van der Waals surface area contributed by atoms with Crippen molar-refractivity contribution in [3.8, 4) is 0 Å². The van der Waals surface area contributed by atoms with E-state index in [0.717, 1.165) is 11.1 Å². The summed E-state index contributed by atoms with van der Waals surface area (Å²) in [6.45, 7) is 4.04. The Morgan fingerprint density at radius 2 is 1.85 bits per heavy atom. The molecule has 0 radical (unpaired) electrons. The molecule has 0 aromatic heterocycles. The van der Waals surface area contributed by atoms with Gasteiger partial charge in [0.05, 0.1) is 18.4 Å². The number of fused-ring (bicyclic) bond motifs is 1. The molecular weight excluding hydrogens is 258 g/mol. The predicted octanol–water partition coefficient (Wildman–Crippen LogP) is 1.79. The largest absolute Gasteiger partial charge is 0.469 e. The van der Waals surface area contributed by atoms with E-state index in [1.807, 2.05) is 26.0 Å². The molecule has 20 heavy (non-hydrogen) atoms. The summed E-state index contributed by atoms with van der Waals surface area (Å²) >= 11 is 0. The average molecular weight is 275 g/mol. The van der Waals surface area contributed by atoms with Gasteiger partial charge >= 0.3 is 5.97 Å². The minimum Gasteiger partial charge on any atom is -0.469 e. The van der Waals surface area contributed by atoms with E-state index in [2.05, 4.69) is 4.74 Å². The van der Waals surface area contributed by atoms with Gasteiger partial charge in [0.15, 0.2) is 0 Å². The molecule has 5 nitrogen and oxygen atoms in total. The molecule has 106 valence electrons. The summed E-state index contributed by atoms with van der Waals surface area (Å²) in [6, 6.07) is 3.74. The van der Waals surface area contributed by atoms with Crippen LogP contribution in [0.2, 0.25) is 0 Å². The molecule has 1 aliphatic heterocycles. The lowest BCUT2D eigenvalue weighted by Crippen LogP contribution is -2.31. The smallest absolute Gasteiger partial charge is 0.305 e. The fraction of sp³-hybridized carbons (Fsp3) is 0.400. The number of anilines is 1. The van der Waals surface area contributed by atoms with E-state index in [1.165, 1.54) is 12.0 Å². The summed E-state index contributed by atoms with van der Waals surface area (Å²) in [7, 11) is 1.33. The molecule has 0 aliphatic carbocycles. The molecule has 1 aromatic rings. The average Bonchev–Trinajstić information content (AvgIpc) is 2.68. The first-order valence-corrected chi connectivity index (χ1v) is 6.50. The van der Waals surface area contributed by atoms with Gasteiger partial charge in [-0.15, -0.1) is 0 Å². The van der Waals surface area contributed by atoms with Gasteiger partial charge in [-0.25, -0.2) is 0 Å². The third kappa shape index (κ3) is 2.31. The number of amides is 1. The Labute approximate surface area is 117 Å². The van der Waals surface area contributed by atoms with Crippen LogP contribution in [0.25, 0.3) is 0 Å². The van der Waals surface area contributed by atoms with Gasteiger partial charge in [-0.3, -0.25) is 14.4 Å². The Morgan fingerprint density at radius 3 is 2.50 bits per heavy atom. The van der Waals surface area contributed by atoms with E-state index >= 15 is 0 Å². The summed E-state index contributed by atoms with van der Waals surface area (Å²) in [4.78, 5) is 36.7. The summed E-state index contributed by atoms with van der Waals surface area (Å²) in [5.74, 6) is -1.29. The second-order valence-corrected chi connectivity index (χ2v) is 4.89. The van der Waals surface area contributed by atoms with E-state index in [-0.39, 0.29) is 12.4 Å². The number of esters is 1. The van der Waals surface area contributed by atoms with Crippen molar-refractivity contribution in [1.82, 2.24) is 0 Å². The second-order valence-electron chi connectivity index (χ2n) is 4.89. The number of hydrogen-bond donors (Lipinski definition) is 0. The molecule has 1 amide bonds. The van der Waals surface area contributed by atoms with E-state index < -0.39 is 11.7 Å². The zero-order valence-corrected chi connectivity index (χ0v) is 11.9. The number of carbonyl (C=O) groups excluding carboxylic acids is 3. The molecule has 0 saturated heterocycles. The third-order valence-electron chi connectivity index (χ3n) is 3.51. The Bertz CT molecular complexity index is 592. The fourth-order valence-electron chi connectivity index (χ4n) is 2.46. The van der Waals surface area contributed by atoms with Crippen LogP contribution in [0.4, 0.5) is 5.69 Å². The highest BCUT2D eigenvalue weighted by molar-refractivity contribution is 6.52. The normalized spacial score (nSPS) is 13.7. The predicted molar refractivity (Wildman–Crippen MR) is 73.8 cm³/mol. The van der Waals surface area contributed by atoms with Gasteiger partial charge in [0, 0.05) is 13.0 Å². The van der Waals surface area contributed by atoms with Gasteiger partial charge in [0.25, 0.3) is 11.7 Å². The molecule has 1 aliphatic rings. The maximum absolute atomic E-state index is 12.1. The molecule has 0 spiro atoms. The summed E-state index contributed by atoms with van der Waals surface area (Å²) in [5, 5.41) is 0. The Hall–Kier alpha value is -2.17. The SMILES string of the molecule is COC(=O)CCCN1C(=O)C(=O)c2c(C)ccc(C)c21. The first kappa shape index (κ1) is 14.2. The molecule has 1 aromatic carbocycles. The van der Waals surface area contributed by atoms with Crippen molar-refractivity contribution in [2.75, 3.05) is 18.6 Å². The highest BCUT2D eigenvalue weighted by atomic mass is 16.5. The maximum atomic E-state index is 12.1. The zero-order valence-electron chi connectivity index (χ0n) is 11.9. The lowest BCUT2D eigenvalue weighted by atomic mass is 10.0. The number of hydrogen-bond acceptors (Lipinski definition) is 4. The van der Waals surface area contributed by atoms with E-state index in [1.54, 1.807) is 0 Å². The maximum Gasteiger partial charge on any atom is 0.305 e. The molecule has 0 atom stereocenters. The highest BCUT2D eigenvalue weighted by Gasteiger charge is 2.37. The molecule has 0 saturated carbocycles. The quantitative estimate of drug-likeness (QED) is 0.620.